The standard InChI is InChI=1S/C24H35F3O6/c1-12(2)22(7,11-21(4,5)6)18(28)32-16-9-14-8-15-17(16)33-20(30)23(15,10-14)19(29)31-13(3)24(25,26)27/h12-17H,8-11H2,1-7H3. The summed E-state index contributed by atoms with van der Waals surface area (Å²) in [4.78, 5) is 39.0. The Morgan fingerprint density at radius 2 is 1.73 bits per heavy atom. The van der Waals surface area contributed by atoms with Gasteiger partial charge in [0.2, 0.25) is 0 Å². The number of fused-ring (bicyclic) bond motifs is 1. The fraction of sp³-hybridized carbons (Fsp3) is 0.875. The van der Waals surface area contributed by atoms with Crippen LogP contribution in [0.1, 0.15) is 74.1 Å². The molecule has 0 radical (unpaired) electrons. The highest BCUT2D eigenvalue weighted by Crippen LogP contribution is 2.60. The predicted molar refractivity (Wildman–Crippen MR) is 112 cm³/mol. The number of carbonyl (C=O) groups is 3. The first-order valence-corrected chi connectivity index (χ1v) is 11.6. The molecule has 3 fully saturated rings. The molecule has 0 aromatic rings. The lowest BCUT2D eigenvalue weighted by molar-refractivity contribution is -0.222. The number of hydrogen-bond donors (Lipinski definition) is 0. The van der Waals surface area contributed by atoms with Crippen molar-refractivity contribution in [2.75, 3.05) is 0 Å². The first-order chi connectivity index (χ1) is 14.9. The first kappa shape index (κ1) is 25.8. The van der Waals surface area contributed by atoms with Gasteiger partial charge in [-0.1, -0.05) is 34.6 Å². The molecule has 6 nitrogen and oxygen atoms in total. The van der Waals surface area contributed by atoms with E-state index in [0.29, 0.717) is 19.3 Å². The number of carbonyl (C=O) groups excluding carboxylic acids is 3. The summed E-state index contributed by atoms with van der Waals surface area (Å²) in [6, 6.07) is 0. The lowest BCUT2D eigenvalue weighted by Crippen LogP contribution is -2.46. The van der Waals surface area contributed by atoms with Crippen molar-refractivity contribution >= 4 is 17.9 Å². The molecule has 3 rings (SSSR count). The van der Waals surface area contributed by atoms with E-state index in [0.717, 1.165) is 6.92 Å². The second-order valence-electron chi connectivity index (χ2n) is 11.8. The molecule has 0 N–H and O–H groups in total. The van der Waals surface area contributed by atoms with Gasteiger partial charge in [-0.15, -0.1) is 0 Å². The van der Waals surface area contributed by atoms with Crippen molar-refractivity contribution in [1.29, 1.82) is 0 Å². The Labute approximate surface area is 192 Å². The summed E-state index contributed by atoms with van der Waals surface area (Å²) < 4.78 is 55.0. The van der Waals surface area contributed by atoms with Crippen molar-refractivity contribution in [3.63, 3.8) is 0 Å². The van der Waals surface area contributed by atoms with Crippen LogP contribution < -0.4 is 0 Å². The molecule has 0 aromatic heterocycles. The van der Waals surface area contributed by atoms with Gasteiger partial charge in [0.15, 0.2) is 11.5 Å². The zero-order valence-electron chi connectivity index (χ0n) is 20.4. The van der Waals surface area contributed by atoms with Crippen LogP contribution in [-0.4, -0.2) is 42.4 Å². The normalized spacial score (nSPS) is 34.0. The number of esters is 3. The Bertz CT molecular complexity index is 816. The van der Waals surface area contributed by atoms with E-state index < -0.39 is 53.2 Å². The molecule has 2 saturated carbocycles. The summed E-state index contributed by atoms with van der Waals surface area (Å²) in [6.45, 7) is 12.6. The molecule has 2 bridgehead atoms. The Morgan fingerprint density at radius 3 is 2.24 bits per heavy atom. The van der Waals surface area contributed by atoms with Crippen molar-refractivity contribution in [3.05, 3.63) is 0 Å². The minimum atomic E-state index is -4.73. The number of rotatable bonds is 6. The third-order valence-corrected chi connectivity index (χ3v) is 7.77. The summed E-state index contributed by atoms with van der Waals surface area (Å²) in [5.74, 6) is -3.27. The minimum Gasteiger partial charge on any atom is -0.458 e. The van der Waals surface area contributed by atoms with E-state index in [1.807, 2.05) is 41.5 Å². The van der Waals surface area contributed by atoms with Gasteiger partial charge in [0, 0.05) is 5.92 Å². The smallest absolute Gasteiger partial charge is 0.425 e. The molecular formula is C24H35F3O6. The number of halogens is 3. The molecule has 188 valence electrons. The second-order valence-corrected chi connectivity index (χ2v) is 11.8. The SMILES string of the molecule is CC(OC(=O)C12CC3CC(OC(=O)C(C)(CC(C)(C)C)C(C)C)C(OC1=O)C2C3)C(F)(F)F. The molecule has 33 heavy (non-hydrogen) atoms. The monoisotopic (exact) mass is 476 g/mol. The molecule has 9 heteroatoms. The van der Waals surface area contributed by atoms with E-state index in [4.69, 9.17) is 9.47 Å². The van der Waals surface area contributed by atoms with Gasteiger partial charge in [-0.05, 0) is 56.8 Å². The first-order valence-electron chi connectivity index (χ1n) is 11.6. The molecular weight excluding hydrogens is 441 g/mol. The van der Waals surface area contributed by atoms with E-state index in [9.17, 15) is 27.6 Å². The Kier molecular flexibility index (Phi) is 6.38. The van der Waals surface area contributed by atoms with Crippen molar-refractivity contribution in [3.8, 4) is 0 Å². The van der Waals surface area contributed by atoms with Crippen LogP contribution in [0, 0.1) is 34.0 Å². The molecule has 3 aliphatic rings. The zero-order chi connectivity index (χ0) is 25.1. The van der Waals surface area contributed by atoms with Crippen molar-refractivity contribution in [1.82, 2.24) is 0 Å². The van der Waals surface area contributed by atoms with Crippen molar-refractivity contribution < 1.29 is 41.8 Å². The van der Waals surface area contributed by atoms with E-state index >= 15 is 0 Å². The van der Waals surface area contributed by atoms with Gasteiger partial charge in [-0.25, -0.2) is 0 Å². The van der Waals surface area contributed by atoms with Crippen LogP contribution in [0.2, 0.25) is 0 Å². The van der Waals surface area contributed by atoms with Gasteiger partial charge in [0.05, 0.1) is 5.41 Å². The number of alkyl halides is 3. The maximum absolute atomic E-state index is 13.3. The highest BCUT2D eigenvalue weighted by molar-refractivity contribution is 6.02. The molecule has 7 atom stereocenters. The van der Waals surface area contributed by atoms with Crippen LogP contribution in [0.25, 0.3) is 0 Å². The van der Waals surface area contributed by atoms with Crippen LogP contribution >= 0.6 is 0 Å². The molecule has 7 unspecified atom stereocenters. The van der Waals surface area contributed by atoms with Crippen LogP contribution in [0.15, 0.2) is 0 Å². The molecule has 1 saturated heterocycles. The highest BCUT2D eigenvalue weighted by atomic mass is 19.4. The van der Waals surface area contributed by atoms with Crippen LogP contribution in [-0.2, 0) is 28.6 Å². The van der Waals surface area contributed by atoms with Crippen molar-refractivity contribution in [2.24, 2.45) is 34.0 Å². The van der Waals surface area contributed by atoms with E-state index in [-0.39, 0.29) is 29.6 Å². The van der Waals surface area contributed by atoms with Crippen molar-refractivity contribution in [2.45, 2.75) is 98.6 Å². The average Bonchev–Trinajstić information content (AvgIpc) is 3.11. The summed E-state index contributed by atoms with van der Waals surface area (Å²) in [5.41, 5.74) is -2.66. The van der Waals surface area contributed by atoms with Gasteiger partial charge in [0.25, 0.3) is 0 Å². The lowest BCUT2D eigenvalue weighted by atomic mass is 9.68. The molecule has 2 aliphatic carbocycles. The quantitative estimate of drug-likeness (QED) is 0.310. The predicted octanol–water partition coefficient (Wildman–Crippen LogP) is 4.83. The average molecular weight is 477 g/mol. The number of ether oxygens (including phenoxy) is 3. The van der Waals surface area contributed by atoms with E-state index in [1.165, 1.54) is 0 Å². The third kappa shape index (κ3) is 4.48. The van der Waals surface area contributed by atoms with Gasteiger partial charge in [-0.2, -0.15) is 13.2 Å². The van der Waals surface area contributed by atoms with E-state index in [1.54, 1.807) is 0 Å². The van der Waals surface area contributed by atoms with Gasteiger partial charge >= 0.3 is 24.1 Å². The molecule has 0 amide bonds. The van der Waals surface area contributed by atoms with Crippen LogP contribution in [0.4, 0.5) is 13.2 Å². The van der Waals surface area contributed by atoms with Crippen LogP contribution in [0.3, 0.4) is 0 Å². The molecule has 0 aromatic carbocycles. The summed E-state index contributed by atoms with van der Waals surface area (Å²) in [6.07, 6.45) is -7.17. The maximum atomic E-state index is 13.3. The molecule has 1 heterocycles. The fourth-order valence-electron chi connectivity index (χ4n) is 5.84. The minimum absolute atomic E-state index is 0.00593. The largest absolute Gasteiger partial charge is 0.458 e. The number of hydrogen-bond acceptors (Lipinski definition) is 6. The van der Waals surface area contributed by atoms with E-state index in [2.05, 4.69) is 4.74 Å². The molecule has 0 spiro atoms. The lowest BCUT2D eigenvalue weighted by Gasteiger charge is -2.40. The third-order valence-electron chi connectivity index (χ3n) is 7.77. The summed E-state index contributed by atoms with van der Waals surface area (Å²) in [5, 5.41) is 0. The topological polar surface area (TPSA) is 78.9 Å². The van der Waals surface area contributed by atoms with Gasteiger partial charge in [0.1, 0.15) is 12.2 Å². The Morgan fingerprint density at radius 1 is 1.12 bits per heavy atom. The van der Waals surface area contributed by atoms with Crippen LogP contribution in [0.5, 0.6) is 0 Å². The summed E-state index contributed by atoms with van der Waals surface area (Å²) >= 11 is 0. The van der Waals surface area contributed by atoms with Gasteiger partial charge in [-0.3, -0.25) is 14.4 Å². The maximum Gasteiger partial charge on any atom is 0.425 e. The van der Waals surface area contributed by atoms with Gasteiger partial charge < -0.3 is 14.2 Å². The summed E-state index contributed by atoms with van der Waals surface area (Å²) in [7, 11) is 0. The highest BCUT2D eigenvalue weighted by Gasteiger charge is 2.72. The fourth-order valence-corrected chi connectivity index (χ4v) is 5.84. The second kappa shape index (κ2) is 8.15. The molecule has 1 aliphatic heterocycles. The Balaban J connectivity index is 1.81. The Hall–Kier alpha value is -1.80. The zero-order valence-corrected chi connectivity index (χ0v) is 20.4.